The molecule has 0 unspecified atom stereocenters. The van der Waals surface area contributed by atoms with Crippen molar-refractivity contribution in [2.45, 2.75) is 32.9 Å². The number of hydrogen-bond acceptors (Lipinski definition) is 4. The predicted octanol–water partition coefficient (Wildman–Crippen LogP) is 4.37. The molecule has 6 nitrogen and oxygen atoms in total. The molecule has 31 heavy (non-hydrogen) atoms. The highest BCUT2D eigenvalue weighted by Crippen LogP contribution is 2.19. The fourth-order valence-electron chi connectivity index (χ4n) is 3.83. The molecule has 1 aliphatic rings. The molecule has 2 heterocycles. The minimum absolute atomic E-state index is 0.176. The van der Waals surface area contributed by atoms with E-state index in [-0.39, 0.29) is 17.6 Å². The van der Waals surface area contributed by atoms with Crippen molar-refractivity contribution in [2.75, 3.05) is 18.4 Å². The van der Waals surface area contributed by atoms with Crippen molar-refractivity contribution in [3.63, 3.8) is 0 Å². The van der Waals surface area contributed by atoms with Crippen LogP contribution in [0.25, 0.3) is 0 Å². The maximum Gasteiger partial charge on any atom is 0.291 e. The molecular formula is C25H27N3O3. The van der Waals surface area contributed by atoms with Crippen LogP contribution in [0.3, 0.4) is 0 Å². The summed E-state index contributed by atoms with van der Waals surface area (Å²) in [5.41, 5.74) is 4.33. The quantitative estimate of drug-likeness (QED) is 0.599. The van der Waals surface area contributed by atoms with E-state index in [4.69, 9.17) is 4.42 Å². The van der Waals surface area contributed by atoms with Crippen LogP contribution in [0.1, 0.15) is 50.4 Å². The Kier molecular flexibility index (Phi) is 6.48. The Hall–Kier alpha value is -3.38. The lowest BCUT2D eigenvalue weighted by atomic mass is 10.1. The largest absolute Gasteiger partial charge is 0.459 e. The normalized spacial score (nSPS) is 13.8. The first-order valence-electron chi connectivity index (χ1n) is 10.6. The number of hydrogen-bond donors (Lipinski definition) is 2. The molecule has 2 aromatic carbocycles. The van der Waals surface area contributed by atoms with Crippen LogP contribution in [-0.2, 0) is 13.1 Å². The molecule has 2 amide bonds. The summed E-state index contributed by atoms with van der Waals surface area (Å²) in [6.07, 6.45) is 3.96. The van der Waals surface area contributed by atoms with Gasteiger partial charge in [-0.3, -0.25) is 14.5 Å². The number of nitrogens with one attached hydrogen (secondary N) is 2. The van der Waals surface area contributed by atoms with Gasteiger partial charge < -0.3 is 15.1 Å². The number of aryl methyl sites for hydroxylation is 1. The number of furan rings is 1. The smallest absolute Gasteiger partial charge is 0.291 e. The molecular weight excluding hydrogens is 390 g/mol. The Balaban J connectivity index is 1.42. The van der Waals surface area contributed by atoms with Crippen LogP contribution in [-0.4, -0.2) is 29.8 Å². The molecule has 4 rings (SSSR count). The molecule has 1 aromatic heterocycles. The standard InChI is InChI=1S/C25H27N3O3/c1-18-10-11-19(15-22(18)27-25(30)23-9-6-14-31-23)24(29)26-16-20-7-2-3-8-21(20)17-28-12-4-5-13-28/h2-3,6-11,14-15H,4-5,12-13,16-17H2,1H3,(H,26,29)(H,27,30). The predicted molar refractivity (Wildman–Crippen MR) is 120 cm³/mol. The van der Waals surface area contributed by atoms with E-state index in [1.54, 1.807) is 24.3 Å². The van der Waals surface area contributed by atoms with Crippen LogP contribution in [0.2, 0.25) is 0 Å². The van der Waals surface area contributed by atoms with Crippen molar-refractivity contribution < 1.29 is 14.0 Å². The molecule has 0 bridgehead atoms. The van der Waals surface area contributed by atoms with E-state index in [0.717, 1.165) is 30.8 Å². The number of amides is 2. The molecule has 0 saturated carbocycles. The van der Waals surface area contributed by atoms with Crippen LogP contribution >= 0.6 is 0 Å². The van der Waals surface area contributed by atoms with Gasteiger partial charge in [-0.15, -0.1) is 0 Å². The topological polar surface area (TPSA) is 74.6 Å². The Bertz CT molecular complexity index is 1050. The average Bonchev–Trinajstić information content (AvgIpc) is 3.49. The van der Waals surface area contributed by atoms with Gasteiger partial charge >= 0.3 is 0 Å². The molecule has 0 radical (unpaired) electrons. The van der Waals surface area contributed by atoms with Gasteiger partial charge in [0.15, 0.2) is 5.76 Å². The van der Waals surface area contributed by atoms with E-state index < -0.39 is 0 Å². The molecule has 1 saturated heterocycles. The van der Waals surface area contributed by atoms with E-state index in [2.05, 4.69) is 27.7 Å². The van der Waals surface area contributed by atoms with Gasteiger partial charge in [0.05, 0.1) is 6.26 Å². The van der Waals surface area contributed by atoms with E-state index in [1.165, 1.54) is 24.7 Å². The monoisotopic (exact) mass is 417 g/mol. The lowest BCUT2D eigenvalue weighted by Gasteiger charge is -2.18. The van der Waals surface area contributed by atoms with E-state index in [9.17, 15) is 9.59 Å². The van der Waals surface area contributed by atoms with Crippen LogP contribution in [0.15, 0.2) is 65.3 Å². The number of anilines is 1. The van der Waals surface area contributed by atoms with Crippen LogP contribution in [0.4, 0.5) is 5.69 Å². The first-order chi connectivity index (χ1) is 15.1. The summed E-state index contributed by atoms with van der Waals surface area (Å²) < 4.78 is 5.14. The maximum absolute atomic E-state index is 12.8. The highest BCUT2D eigenvalue weighted by atomic mass is 16.3. The second-order valence-electron chi connectivity index (χ2n) is 7.90. The van der Waals surface area contributed by atoms with E-state index in [1.807, 2.05) is 25.1 Å². The number of carbonyl (C=O) groups is 2. The zero-order valence-electron chi connectivity index (χ0n) is 17.7. The first kappa shape index (κ1) is 20.9. The summed E-state index contributed by atoms with van der Waals surface area (Å²) in [7, 11) is 0. The fraction of sp³-hybridized carbons (Fsp3) is 0.280. The van der Waals surface area contributed by atoms with Crippen molar-refractivity contribution in [2.24, 2.45) is 0 Å². The number of benzene rings is 2. The van der Waals surface area contributed by atoms with Crippen molar-refractivity contribution >= 4 is 17.5 Å². The lowest BCUT2D eigenvalue weighted by Crippen LogP contribution is -2.25. The van der Waals surface area contributed by atoms with Crippen LogP contribution in [0, 0.1) is 6.92 Å². The van der Waals surface area contributed by atoms with Crippen LogP contribution in [0.5, 0.6) is 0 Å². The van der Waals surface area contributed by atoms with Crippen molar-refractivity contribution in [1.82, 2.24) is 10.2 Å². The summed E-state index contributed by atoms with van der Waals surface area (Å²) in [5, 5.41) is 5.83. The maximum atomic E-state index is 12.8. The Morgan fingerprint density at radius 1 is 0.968 bits per heavy atom. The summed E-state index contributed by atoms with van der Waals surface area (Å²) in [4.78, 5) is 27.5. The number of rotatable bonds is 7. The Morgan fingerprint density at radius 3 is 2.48 bits per heavy atom. The minimum Gasteiger partial charge on any atom is -0.459 e. The molecule has 0 atom stereocenters. The molecule has 3 aromatic rings. The van der Waals surface area contributed by atoms with Gasteiger partial charge in [0.1, 0.15) is 0 Å². The van der Waals surface area contributed by atoms with Gasteiger partial charge in [0, 0.05) is 24.3 Å². The molecule has 6 heteroatoms. The average molecular weight is 418 g/mol. The van der Waals surface area contributed by atoms with Gasteiger partial charge in [0.2, 0.25) is 0 Å². The van der Waals surface area contributed by atoms with Crippen molar-refractivity contribution in [1.29, 1.82) is 0 Å². The Morgan fingerprint density at radius 2 is 1.74 bits per heavy atom. The lowest BCUT2D eigenvalue weighted by molar-refractivity contribution is 0.0948. The van der Waals surface area contributed by atoms with Gasteiger partial charge in [-0.2, -0.15) is 0 Å². The second-order valence-corrected chi connectivity index (χ2v) is 7.90. The summed E-state index contributed by atoms with van der Waals surface area (Å²) >= 11 is 0. The van der Waals surface area contributed by atoms with Gasteiger partial charge in [-0.05, 0) is 73.8 Å². The highest BCUT2D eigenvalue weighted by Gasteiger charge is 2.15. The van der Waals surface area contributed by atoms with Gasteiger partial charge in [-0.1, -0.05) is 30.3 Å². The van der Waals surface area contributed by atoms with E-state index >= 15 is 0 Å². The molecule has 160 valence electrons. The third-order valence-corrected chi connectivity index (χ3v) is 5.64. The summed E-state index contributed by atoms with van der Waals surface area (Å²) in [5.74, 6) is -0.296. The minimum atomic E-state index is -0.346. The van der Waals surface area contributed by atoms with Gasteiger partial charge in [-0.25, -0.2) is 0 Å². The first-order valence-corrected chi connectivity index (χ1v) is 10.6. The fourth-order valence-corrected chi connectivity index (χ4v) is 3.83. The van der Waals surface area contributed by atoms with Crippen LogP contribution < -0.4 is 10.6 Å². The number of nitrogens with zero attached hydrogens (tertiary/aromatic N) is 1. The molecule has 0 spiro atoms. The molecule has 0 aliphatic carbocycles. The Labute approximate surface area is 182 Å². The zero-order valence-corrected chi connectivity index (χ0v) is 17.7. The van der Waals surface area contributed by atoms with Crippen molar-refractivity contribution in [3.8, 4) is 0 Å². The van der Waals surface area contributed by atoms with Gasteiger partial charge in [0.25, 0.3) is 11.8 Å². The highest BCUT2D eigenvalue weighted by molar-refractivity contribution is 6.03. The number of likely N-dealkylation sites (tertiary alicyclic amines) is 1. The van der Waals surface area contributed by atoms with Crippen molar-refractivity contribution in [3.05, 3.63) is 88.9 Å². The summed E-state index contributed by atoms with van der Waals surface area (Å²) in [6, 6.07) is 16.8. The second kappa shape index (κ2) is 9.62. The number of carbonyl (C=O) groups excluding carboxylic acids is 2. The third kappa shape index (κ3) is 5.22. The molecule has 1 fully saturated rings. The molecule has 2 N–H and O–H groups in total. The summed E-state index contributed by atoms with van der Waals surface area (Å²) in [6.45, 7) is 5.53. The SMILES string of the molecule is Cc1ccc(C(=O)NCc2ccccc2CN2CCCC2)cc1NC(=O)c1ccco1. The third-order valence-electron chi connectivity index (χ3n) is 5.64. The zero-order chi connectivity index (χ0) is 21.6. The van der Waals surface area contributed by atoms with E-state index in [0.29, 0.717) is 17.8 Å². The molecule has 1 aliphatic heterocycles.